The molecule has 0 aliphatic carbocycles. The van der Waals surface area contributed by atoms with Gasteiger partial charge in [-0.3, -0.25) is 4.72 Å². The van der Waals surface area contributed by atoms with E-state index in [-0.39, 0.29) is 4.90 Å². The zero-order valence-electron chi connectivity index (χ0n) is 11.8. The van der Waals surface area contributed by atoms with Crippen molar-refractivity contribution in [1.82, 2.24) is 4.98 Å². The van der Waals surface area contributed by atoms with E-state index in [0.717, 1.165) is 10.9 Å². The predicted octanol–water partition coefficient (Wildman–Crippen LogP) is 3.15. The number of sulfonamides is 1. The highest BCUT2D eigenvalue weighted by Gasteiger charge is 2.16. The first-order chi connectivity index (χ1) is 10.5. The molecule has 22 heavy (non-hydrogen) atoms. The smallest absolute Gasteiger partial charge is 0.261 e. The normalized spacial score (nSPS) is 11.3. The molecule has 0 spiro atoms. The van der Waals surface area contributed by atoms with Gasteiger partial charge in [0.05, 0.1) is 22.2 Å². The van der Waals surface area contributed by atoms with Crippen LogP contribution in [0.3, 0.4) is 0 Å². The molecule has 2 N–H and O–H groups in total. The van der Waals surface area contributed by atoms with Crippen LogP contribution in [-0.4, -0.2) is 13.4 Å². The van der Waals surface area contributed by atoms with Crippen LogP contribution in [0.4, 0.5) is 5.69 Å². The van der Waals surface area contributed by atoms with Gasteiger partial charge in [0.1, 0.15) is 0 Å². The molecule has 2 aromatic carbocycles. The average Bonchev–Trinajstić information content (AvgIpc) is 2.96. The maximum atomic E-state index is 12.5. The maximum absolute atomic E-state index is 12.5. The van der Waals surface area contributed by atoms with Gasteiger partial charge < -0.3 is 4.98 Å². The highest BCUT2D eigenvalue weighted by Crippen LogP contribution is 2.27. The number of H-pyrrole nitrogens is 1. The fourth-order valence-corrected chi connectivity index (χ4v) is 3.31. The van der Waals surface area contributed by atoms with Gasteiger partial charge in [0, 0.05) is 17.1 Å². The third-order valence-electron chi connectivity index (χ3n) is 3.37. The van der Waals surface area contributed by atoms with Gasteiger partial charge in [0.15, 0.2) is 0 Å². The molecule has 3 aromatic rings. The molecule has 5 nitrogen and oxygen atoms in total. The lowest BCUT2D eigenvalue weighted by Gasteiger charge is -2.10. The zero-order valence-corrected chi connectivity index (χ0v) is 12.6. The minimum absolute atomic E-state index is 0.184. The second kappa shape index (κ2) is 5.20. The third-order valence-corrected chi connectivity index (χ3v) is 4.75. The average molecular weight is 311 g/mol. The van der Waals surface area contributed by atoms with Crippen LogP contribution >= 0.6 is 0 Å². The molecule has 0 saturated carbocycles. The number of hydrogen-bond acceptors (Lipinski definition) is 3. The van der Waals surface area contributed by atoms with E-state index in [0.29, 0.717) is 16.8 Å². The maximum Gasteiger partial charge on any atom is 0.261 e. The highest BCUT2D eigenvalue weighted by atomic mass is 32.2. The van der Waals surface area contributed by atoms with E-state index < -0.39 is 10.0 Å². The van der Waals surface area contributed by atoms with Crippen molar-refractivity contribution in [2.45, 2.75) is 11.8 Å². The van der Waals surface area contributed by atoms with Gasteiger partial charge >= 0.3 is 0 Å². The standard InChI is InChI=1S/C16H13N3O2S/c1-11-2-4-13(5-3-11)22(20,21)19-16-9-12(10-17)8-15-14(16)6-7-18-15/h2-9,18-19H,1H3. The summed E-state index contributed by atoms with van der Waals surface area (Å²) in [6, 6.07) is 13.6. The van der Waals surface area contributed by atoms with E-state index in [4.69, 9.17) is 5.26 Å². The Balaban J connectivity index is 2.07. The molecule has 0 bridgehead atoms. The van der Waals surface area contributed by atoms with Gasteiger partial charge in [-0.05, 0) is 37.3 Å². The topological polar surface area (TPSA) is 85.8 Å². The van der Waals surface area contributed by atoms with Crippen molar-refractivity contribution < 1.29 is 8.42 Å². The summed E-state index contributed by atoms with van der Waals surface area (Å²) in [6.45, 7) is 1.89. The van der Waals surface area contributed by atoms with Crippen molar-refractivity contribution in [1.29, 1.82) is 5.26 Å². The molecule has 3 rings (SSSR count). The lowest BCUT2D eigenvalue weighted by Crippen LogP contribution is -2.13. The Kier molecular flexibility index (Phi) is 3.35. The third kappa shape index (κ3) is 2.54. The Bertz CT molecular complexity index is 980. The number of hydrogen-bond donors (Lipinski definition) is 2. The molecule has 0 fully saturated rings. The molecule has 0 aliphatic heterocycles. The van der Waals surface area contributed by atoms with E-state index in [1.54, 1.807) is 42.6 Å². The van der Waals surface area contributed by atoms with Crippen molar-refractivity contribution in [3.05, 3.63) is 59.8 Å². The van der Waals surface area contributed by atoms with Crippen molar-refractivity contribution in [3.8, 4) is 6.07 Å². The Morgan fingerprint density at radius 1 is 1.14 bits per heavy atom. The second-order valence-electron chi connectivity index (χ2n) is 4.99. The summed E-state index contributed by atoms with van der Waals surface area (Å²) >= 11 is 0. The SMILES string of the molecule is Cc1ccc(S(=O)(=O)Nc2cc(C#N)cc3[nH]ccc23)cc1. The summed E-state index contributed by atoms with van der Waals surface area (Å²) in [5.41, 5.74) is 2.46. The van der Waals surface area contributed by atoms with Gasteiger partial charge in [-0.25, -0.2) is 8.42 Å². The monoisotopic (exact) mass is 311 g/mol. The number of anilines is 1. The Hall–Kier alpha value is -2.78. The van der Waals surface area contributed by atoms with Crippen LogP contribution in [0, 0.1) is 18.3 Å². The molecular weight excluding hydrogens is 298 g/mol. The number of rotatable bonds is 3. The van der Waals surface area contributed by atoms with Gasteiger partial charge in [-0.1, -0.05) is 17.7 Å². The van der Waals surface area contributed by atoms with Crippen LogP contribution < -0.4 is 4.72 Å². The summed E-state index contributed by atoms with van der Waals surface area (Å²) in [7, 11) is -3.70. The number of nitrogens with one attached hydrogen (secondary N) is 2. The Morgan fingerprint density at radius 2 is 1.86 bits per heavy atom. The summed E-state index contributed by atoms with van der Waals surface area (Å²) in [5.74, 6) is 0. The molecule has 6 heteroatoms. The van der Waals surface area contributed by atoms with E-state index in [2.05, 4.69) is 9.71 Å². The number of aromatic amines is 1. The lowest BCUT2D eigenvalue weighted by molar-refractivity contribution is 0.601. The number of fused-ring (bicyclic) bond motifs is 1. The zero-order chi connectivity index (χ0) is 15.7. The minimum atomic E-state index is -3.70. The van der Waals surface area contributed by atoms with Crippen LogP contribution in [0.25, 0.3) is 10.9 Å². The first-order valence-corrected chi connectivity index (χ1v) is 8.09. The lowest BCUT2D eigenvalue weighted by atomic mass is 10.1. The first kappa shape index (κ1) is 14.2. The van der Waals surface area contributed by atoms with E-state index in [1.807, 2.05) is 13.0 Å². The molecule has 110 valence electrons. The quantitative estimate of drug-likeness (QED) is 0.779. The van der Waals surface area contributed by atoms with E-state index in [1.165, 1.54) is 6.07 Å². The summed E-state index contributed by atoms with van der Waals surface area (Å²) in [4.78, 5) is 3.17. The Morgan fingerprint density at radius 3 is 2.55 bits per heavy atom. The number of benzene rings is 2. The minimum Gasteiger partial charge on any atom is -0.361 e. The van der Waals surface area contributed by atoms with Crippen LogP contribution in [0.15, 0.2) is 53.6 Å². The first-order valence-electron chi connectivity index (χ1n) is 6.60. The van der Waals surface area contributed by atoms with Gasteiger partial charge in [-0.2, -0.15) is 5.26 Å². The number of nitriles is 1. The van der Waals surface area contributed by atoms with Crippen LogP contribution in [-0.2, 0) is 10.0 Å². The van der Waals surface area contributed by atoms with Crippen molar-refractivity contribution in [2.75, 3.05) is 4.72 Å². The largest absolute Gasteiger partial charge is 0.361 e. The summed E-state index contributed by atoms with van der Waals surface area (Å²) in [5, 5.41) is 9.78. The molecule has 0 amide bonds. The molecule has 0 atom stereocenters. The molecule has 0 unspecified atom stereocenters. The summed E-state index contributed by atoms with van der Waals surface area (Å²) < 4.78 is 27.5. The van der Waals surface area contributed by atoms with Crippen molar-refractivity contribution >= 4 is 26.6 Å². The van der Waals surface area contributed by atoms with E-state index in [9.17, 15) is 8.42 Å². The van der Waals surface area contributed by atoms with Gasteiger partial charge in [-0.15, -0.1) is 0 Å². The molecule has 0 radical (unpaired) electrons. The number of nitrogens with zero attached hydrogens (tertiary/aromatic N) is 1. The van der Waals surface area contributed by atoms with E-state index >= 15 is 0 Å². The molecule has 0 aliphatic rings. The molecular formula is C16H13N3O2S. The predicted molar refractivity (Wildman–Crippen MR) is 85.0 cm³/mol. The fourth-order valence-electron chi connectivity index (χ4n) is 2.24. The van der Waals surface area contributed by atoms with Gasteiger partial charge in [0.2, 0.25) is 0 Å². The van der Waals surface area contributed by atoms with Crippen LogP contribution in [0.5, 0.6) is 0 Å². The Labute approximate surface area is 128 Å². The summed E-state index contributed by atoms with van der Waals surface area (Å²) in [6.07, 6.45) is 1.70. The van der Waals surface area contributed by atoms with Crippen LogP contribution in [0.2, 0.25) is 0 Å². The van der Waals surface area contributed by atoms with Crippen LogP contribution in [0.1, 0.15) is 11.1 Å². The fraction of sp³-hybridized carbons (Fsp3) is 0.0625. The number of aryl methyl sites for hydroxylation is 1. The highest BCUT2D eigenvalue weighted by molar-refractivity contribution is 7.92. The second-order valence-corrected chi connectivity index (χ2v) is 6.68. The number of aromatic nitrogens is 1. The van der Waals surface area contributed by atoms with Crippen molar-refractivity contribution in [3.63, 3.8) is 0 Å². The molecule has 1 aromatic heterocycles. The van der Waals surface area contributed by atoms with Crippen molar-refractivity contribution in [2.24, 2.45) is 0 Å². The van der Waals surface area contributed by atoms with Gasteiger partial charge in [0.25, 0.3) is 10.0 Å². The molecule has 0 saturated heterocycles. The molecule has 1 heterocycles.